The SMILES string of the molecule is CCOC(=O)C1=C(c2ccccc2)N=c2s/c(=C\c3ccccc3OCC#N)c(=O)n2[C@@H]1c1ccc(OC)cc1OC. The van der Waals surface area contributed by atoms with Gasteiger partial charge >= 0.3 is 5.97 Å². The normalized spacial score (nSPS) is 14.4. The molecule has 4 aromatic rings. The molecule has 9 nitrogen and oxygen atoms in total. The summed E-state index contributed by atoms with van der Waals surface area (Å²) >= 11 is 1.19. The van der Waals surface area contributed by atoms with Gasteiger partial charge in [0.1, 0.15) is 29.4 Å². The van der Waals surface area contributed by atoms with E-state index in [0.29, 0.717) is 49.0 Å². The minimum atomic E-state index is -0.913. The van der Waals surface area contributed by atoms with Crippen LogP contribution in [0.1, 0.15) is 29.7 Å². The quantitative estimate of drug-likeness (QED) is 0.276. The Morgan fingerprint density at radius 1 is 1.05 bits per heavy atom. The largest absolute Gasteiger partial charge is 0.497 e. The minimum absolute atomic E-state index is 0.132. The maximum absolute atomic E-state index is 14.2. The predicted octanol–water partition coefficient (Wildman–Crippen LogP) is 3.86. The molecule has 0 radical (unpaired) electrons. The molecular formula is C32H27N3O6S. The number of aromatic nitrogens is 1. The number of nitriles is 1. The van der Waals surface area contributed by atoms with E-state index in [9.17, 15) is 9.59 Å². The Balaban J connectivity index is 1.84. The number of nitrogens with zero attached hydrogens (tertiary/aromatic N) is 3. The fourth-order valence-electron chi connectivity index (χ4n) is 4.76. The molecule has 0 spiro atoms. The topological polar surface area (TPSA) is 112 Å². The summed E-state index contributed by atoms with van der Waals surface area (Å²) in [5.41, 5.74) is 2.15. The summed E-state index contributed by atoms with van der Waals surface area (Å²) < 4.78 is 24.1. The number of methoxy groups -OCH3 is 2. The second-order valence-corrected chi connectivity index (χ2v) is 10.0. The van der Waals surface area contributed by atoms with Gasteiger partial charge in [-0.05, 0) is 31.2 Å². The van der Waals surface area contributed by atoms with Gasteiger partial charge in [0.25, 0.3) is 5.56 Å². The number of thiazole rings is 1. The average Bonchev–Trinajstić information content (AvgIpc) is 3.34. The lowest BCUT2D eigenvalue weighted by molar-refractivity contribution is -0.138. The first-order chi connectivity index (χ1) is 20.5. The molecule has 0 amide bonds. The molecule has 0 aliphatic carbocycles. The molecule has 0 unspecified atom stereocenters. The molecule has 1 aliphatic heterocycles. The van der Waals surface area contributed by atoms with E-state index >= 15 is 0 Å². The maximum atomic E-state index is 14.2. The lowest BCUT2D eigenvalue weighted by atomic mass is 9.92. The number of hydrogen-bond acceptors (Lipinski definition) is 9. The van der Waals surface area contributed by atoms with Crippen LogP contribution in [0.5, 0.6) is 17.2 Å². The molecule has 1 aromatic heterocycles. The highest BCUT2D eigenvalue weighted by molar-refractivity contribution is 7.07. The monoisotopic (exact) mass is 581 g/mol. The van der Waals surface area contributed by atoms with E-state index in [2.05, 4.69) is 0 Å². The Hall–Kier alpha value is -5.14. The number of para-hydroxylation sites is 1. The number of hydrogen-bond donors (Lipinski definition) is 0. The van der Waals surface area contributed by atoms with Gasteiger partial charge in [0, 0.05) is 22.8 Å². The molecule has 10 heteroatoms. The van der Waals surface area contributed by atoms with Gasteiger partial charge in [-0.15, -0.1) is 0 Å². The van der Waals surface area contributed by atoms with Gasteiger partial charge in [-0.25, -0.2) is 9.79 Å². The van der Waals surface area contributed by atoms with Crippen molar-refractivity contribution >= 4 is 29.1 Å². The molecular weight excluding hydrogens is 554 g/mol. The van der Waals surface area contributed by atoms with Crippen LogP contribution in [0, 0.1) is 11.3 Å². The zero-order valence-corrected chi connectivity index (χ0v) is 24.0. The van der Waals surface area contributed by atoms with Gasteiger partial charge < -0.3 is 18.9 Å². The molecule has 0 bridgehead atoms. The van der Waals surface area contributed by atoms with E-state index in [0.717, 1.165) is 0 Å². The summed E-state index contributed by atoms with van der Waals surface area (Å²) in [7, 11) is 3.07. The van der Waals surface area contributed by atoms with Crippen LogP contribution in [0.4, 0.5) is 0 Å². The van der Waals surface area contributed by atoms with Gasteiger partial charge in [0.05, 0.1) is 36.6 Å². The Kier molecular flexibility index (Phi) is 8.50. The van der Waals surface area contributed by atoms with Crippen LogP contribution in [0.2, 0.25) is 0 Å². The van der Waals surface area contributed by atoms with E-state index < -0.39 is 12.0 Å². The number of carbonyl (C=O) groups is 1. The molecule has 1 aliphatic rings. The van der Waals surface area contributed by atoms with Crippen LogP contribution >= 0.6 is 11.3 Å². The van der Waals surface area contributed by atoms with Crippen molar-refractivity contribution in [3.05, 3.63) is 115 Å². The molecule has 2 heterocycles. The van der Waals surface area contributed by atoms with Crippen molar-refractivity contribution < 1.29 is 23.7 Å². The van der Waals surface area contributed by atoms with Crippen molar-refractivity contribution in [3.63, 3.8) is 0 Å². The number of ether oxygens (including phenoxy) is 4. The second kappa shape index (κ2) is 12.6. The highest BCUT2D eigenvalue weighted by Gasteiger charge is 2.36. The first-order valence-electron chi connectivity index (χ1n) is 13.1. The Morgan fingerprint density at radius 2 is 1.81 bits per heavy atom. The lowest BCUT2D eigenvalue weighted by Crippen LogP contribution is -2.40. The van der Waals surface area contributed by atoms with E-state index in [1.165, 1.54) is 23.0 Å². The number of carbonyl (C=O) groups excluding carboxylic acids is 1. The smallest absolute Gasteiger partial charge is 0.338 e. The van der Waals surface area contributed by atoms with Gasteiger partial charge in [-0.2, -0.15) is 5.26 Å². The van der Waals surface area contributed by atoms with Gasteiger partial charge in [-0.3, -0.25) is 9.36 Å². The Morgan fingerprint density at radius 3 is 2.52 bits per heavy atom. The van der Waals surface area contributed by atoms with Crippen LogP contribution < -0.4 is 29.1 Å². The van der Waals surface area contributed by atoms with E-state index in [-0.39, 0.29) is 24.3 Å². The third-order valence-electron chi connectivity index (χ3n) is 6.61. The summed E-state index contributed by atoms with van der Waals surface area (Å²) in [6, 6.07) is 22.7. The van der Waals surface area contributed by atoms with Crippen LogP contribution in [0.15, 0.2) is 88.2 Å². The van der Waals surface area contributed by atoms with Gasteiger partial charge in [0.2, 0.25) is 0 Å². The molecule has 1 atom stereocenters. The third kappa shape index (κ3) is 5.42. The van der Waals surface area contributed by atoms with Crippen molar-refractivity contribution in [3.8, 4) is 23.3 Å². The lowest BCUT2D eigenvalue weighted by Gasteiger charge is -2.27. The summed E-state index contributed by atoms with van der Waals surface area (Å²) in [6.45, 7) is 1.73. The van der Waals surface area contributed by atoms with Crippen LogP contribution in [0.25, 0.3) is 11.8 Å². The minimum Gasteiger partial charge on any atom is -0.497 e. The highest BCUT2D eigenvalue weighted by Crippen LogP contribution is 2.40. The van der Waals surface area contributed by atoms with Gasteiger partial charge in [0.15, 0.2) is 11.4 Å². The van der Waals surface area contributed by atoms with Crippen molar-refractivity contribution in [1.82, 2.24) is 4.57 Å². The standard InChI is InChI=1S/C32H27N3O6S/c1-4-40-31(37)27-28(20-10-6-5-7-11-20)34-32-35(29(27)23-15-14-22(38-2)19-25(23)39-3)30(36)26(42-32)18-21-12-8-9-13-24(21)41-17-16-33/h5-15,18-19,29H,4,17H2,1-3H3/b26-18-/t29-/m1/s1. The first kappa shape index (κ1) is 28.4. The summed E-state index contributed by atoms with van der Waals surface area (Å²) in [5, 5.41) is 8.99. The van der Waals surface area contributed by atoms with E-state index in [1.807, 2.05) is 42.5 Å². The summed E-state index contributed by atoms with van der Waals surface area (Å²) in [4.78, 5) is 33.1. The molecule has 0 fully saturated rings. The molecule has 0 saturated heterocycles. The van der Waals surface area contributed by atoms with Crippen LogP contribution in [-0.2, 0) is 9.53 Å². The zero-order chi connectivity index (χ0) is 29.6. The van der Waals surface area contributed by atoms with Crippen molar-refractivity contribution in [1.29, 1.82) is 5.26 Å². The van der Waals surface area contributed by atoms with Crippen molar-refractivity contribution in [2.24, 2.45) is 4.99 Å². The molecule has 5 rings (SSSR count). The predicted molar refractivity (Wildman–Crippen MR) is 158 cm³/mol. The number of benzene rings is 3. The maximum Gasteiger partial charge on any atom is 0.338 e. The first-order valence-corrected chi connectivity index (χ1v) is 13.9. The van der Waals surface area contributed by atoms with Crippen LogP contribution in [0.3, 0.4) is 0 Å². The Labute approximate surface area is 245 Å². The fraction of sp³-hybridized carbons (Fsp3) is 0.188. The zero-order valence-electron chi connectivity index (χ0n) is 23.2. The summed E-state index contributed by atoms with van der Waals surface area (Å²) in [6.07, 6.45) is 1.70. The fourth-order valence-corrected chi connectivity index (χ4v) is 5.75. The molecule has 212 valence electrons. The number of fused-ring (bicyclic) bond motifs is 1. The summed E-state index contributed by atoms with van der Waals surface area (Å²) in [5.74, 6) is 0.866. The molecule has 3 aromatic carbocycles. The average molecular weight is 582 g/mol. The molecule has 0 N–H and O–H groups in total. The van der Waals surface area contributed by atoms with Crippen molar-refractivity contribution in [2.45, 2.75) is 13.0 Å². The number of esters is 1. The van der Waals surface area contributed by atoms with Crippen LogP contribution in [-0.4, -0.2) is 38.0 Å². The Bertz CT molecular complexity index is 1890. The van der Waals surface area contributed by atoms with Crippen molar-refractivity contribution in [2.75, 3.05) is 27.4 Å². The highest BCUT2D eigenvalue weighted by atomic mass is 32.1. The van der Waals surface area contributed by atoms with Gasteiger partial charge in [-0.1, -0.05) is 59.9 Å². The third-order valence-corrected chi connectivity index (χ3v) is 7.59. The molecule has 0 saturated carbocycles. The molecule has 42 heavy (non-hydrogen) atoms. The van der Waals surface area contributed by atoms with E-state index in [1.54, 1.807) is 56.5 Å². The van der Waals surface area contributed by atoms with E-state index in [4.69, 9.17) is 29.2 Å². The second-order valence-electron chi connectivity index (χ2n) is 9.02. The number of rotatable bonds is 9.